The molecule has 6 heteroatoms. The standard InChI is InChI=1S/C26H29FN2O3/c1-2-3-7-17-10-12-18(13-11-17)24(30)23-21-16-19(27)14-15-22(21)29(25(23)31)26(32)28-20-8-5-4-6-9-20/h4-6,8-9,14-18,31H,2-3,7,10-13H2,1H3,(H,28,32). The van der Waals surface area contributed by atoms with E-state index in [1.54, 1.807) is 24.3 Å². The molecule has 4 rings (SSSR count). The van der Waals surface area contributed by atoms with Gasteiger partial charge in [-0.05, 0) is 61.9 Å². The maximum atomic E-state index is 14.1. The van der Waals surface area contributed by atoms with Crippen molar-refractivity contribution in [1.29, 1.82) is 0 Å². The smallest absolute Gasteiger partial charge is 0.333 e. The molecule has 1 amide bonds. The number of nitrogens with one attached hydrogen (secondary N) is 1. The van der Waals surface area contributed by atoms with Crippen molar-refractivity contribution in [3.05, 3.63) is 59.9 Å². The van der Waals surface area contributed by atoms with Crippen LogP contribution >= 0.6 is 0 Å². The Morgan fingerprint density at radius 3 is 2.50 bits per heavy atom. The van der Waals surface area contributed by atoms with Crippen molar-refractivity contribution >= 4 is 28.4 Å². The summed E-state index contributed by atoms with van der Waals surface area (Å²) in [7, 11) is 0. The highest BCUT2D eigenvalue weighted by molar-refractivity contribution is 6.14. The second-order valence-electron chi connectivity index (χ2n) is 8.72. The van der Waals surface area contributed by atoms with Gasteiger partial charge < -0.3 is 10.4 Å². The van der Waals surface area contributed by atoms with Gasteiger partial charge in [0.15, 0.2) is 5.78 Å². The van der Waals surface area contributed by atoms with E-state index in [0.29, 0.717) is 17.1 Å². The van der Waals surface area contributed by atoms with Gasteiger partial charge in [0.1, 0.15) is 5.82 Å². The average molecular weight is 437 g/mol. The molecule has 168 valence electrons. The van der Waals surface area contributed by atoms with Crippen LogP contribution in [0.5, 0.6) is 5.88 Å². The second-order valence-corrected chi connectivity index (χ2v) is 8.72. The number of ketones is 1. The van der Waals surface area contributed by atoms with Gasteiger partial charge in [-0.1, -0.05) is 44.4 Å². The first-order valence-electron chi connectivity index (χ1n) is 11.4. The SMILES string of the molecule is CCCCC1CCC(C(=O)c2c(O)n(C(=O)Nc3ccccc3)c3ccc(F)cc23)CC1. The number of nitrogens with zero attached hydrogens (tertiary/aromatic N) is 1. The molecule has 1 saturated carbocycles. The molecular weight excluding hydrogens is 407 g/mol. The number of hydrogen-bond acceptors (Lipinski definition) is 3. The minimum atomic E-state index is -0.604. The molecule has 1 aliphatic carbocycles. The third-order valence-electron chi connectivity index (χ3n) is 6.56. The summed E-state index contributed by atoms with van der Waals surface area (Å²) < 4.78 is 15.1. The predicted molar refractivity (Wildman–Crippen MR) is 124 cm³/mol. The van der Waals surface area contributed by atoms with Crippen molar-refractivity contribution in [2.24, 2.45) is 11.8 Å². The van der Waals surface area contributed by atoms with Crippen LogP contribution < -0.4 is 5.32 Å². The molecule has 0 radical (unpaired) electrons. The number of unbranched alkanes of at least 4 members (excludes halogenated alkanes) is 1. The molecule has 32 heavy (non-hydrogen) atoms. The summed E-state index contributed by atoms with van der Waals surface area (Å²) in [6, 6.07) is 12.1. The Bertz CT molecular complexity index is 1120. The quantitative estimate of drug-likeness (QED) is 0.420. The van der Waals surface area contributed by atoms with Crippen LogP contribution in [-0.2, 0) is 0 Å². The maximum absolute atomic E-state index is 14.1. The number of carbonyl (C=O) groups is 2. The minimum absolute atomic E-state index is 0.0414. The first-order chi connectivity index (χ1) is 15.5. The Labute approximate surface area is 187 Å². The van der Waals surface area contributed by atoms with Crippen molar-refractivity contribution < 1.29 is 19.1 Å². The zero-order valence-electron chi connectivity index (χ0n) is 18.3. The molecule has 0 bridgehead atoms. The minimum Gasteiger partial charge on any atom is -0.494 e. The highest BCUT2D eigenvalue weighted by Gasteiger charge is 2.32. The Hall–Kier alpha value is -3.15. The lowest BCUT2D eigenvalue weighted by molar-refractivity contribution is 0.0868. The summed E-state index contributed by atoms with van der Waals surface area (Å²) >= 11 is 0. The Morgan fingerprint density at radius 2 is 1.81 bits per heavy atom. The van der Waals surface area contributed by atoms with Crippen molar-refractivity contribution in [3.63, 3.8) is 0 Å². The van der Waals surface area contributed by atoms with Crippen LogP contribution in [0.25, 0.3) is 10.9 Å². The van der Waals surface area contributed by atoms with Gasteiger partial charge in [0.05, 0.1) is 11.1 Å². The monoisotopic (exact) mass is 436 g/mol. The van der Waals surface area contributed by atoms with E-state index in [1.165, 1.54) is 37.5 Å². The molecule has 0 unspecified atom stereocenters. The zero-order valence-corrected chi connectivity index (χ0v) is 18.3. The van der Waals surface area contributed by atoms with E-state index in [9.17, 15) is 19.1 Å². The fraction of sp³-hybridized carbons (Fsp3) is 0.385. The molecule has 0 saturated heterocycles. The van der Waals surface area contributed by atoms with Crippen LogP contribution in [0.2, 0.25) is 0 Å². The lowest BCUT2D eigenvalue weighted by Gasteiger charge is -2.27. The first kappa shape index (κ1) is 22.1. The number of aromatic hydroxyl groups is 1. The van der Waals surface area contributed by atoms with Crippen LogP contribution in [0.1, 0.15) is 62.2 Å². The van der Waals surface area contributed by atoms with Gasteiger partial charge in [0, 0.05) is 17.0 Å². The molecule has 1 fully saturated rings. The number of hydrogen-bond donors (Lipinski definition) is 2. The van der Waals surface area contributed by atoms with Crippen molar-refractivity contribution in [2.75, 3.05) is 5.32 Å². The Balaban J connectivity index is 1.65. The number of amides is 1. The number of para-hydroxylation sites is 1. The molecule has 0 spiro atoms. The molecule has 5 nitrogen and oxygen atoms in total. The van der Waals surface area contributed by atoms with Gasteiger partial charge in [-0.2, -0.15) is 0 Å². The van der Waals surface area contributed by atoms with Crippen molar-refractivity contribution in [3.8, 4) is 5.88 Å². The first-order valence-corrected chi connectivity index (χ1v) is 11.4. The molecule has 1 aromatic heterocycles. The van der Waals surface area contributed by atoms with Crippen LogP contribution in [0.3, 0.4) is 0 Å². The summed E-state index contributed by atoms with van der Waals surface area (Å²) in [4.78, 5) is 26.4. The summed E-state index contributed by atoms with van der Waals surface area (Å²) in [5, 5.41) is 14.0. The van der Waals surface area contributed by atoms with E-state index < -0.39 is 17.7 Å². The summed E-state index contributed by atoms with van der Waals surface area (Å²) in [5.41, 5.74) is 0.899. The fourth-order valence-corrected chi connectivity index (χ4v) is 4.81. The molecular formula is C26H29FN2O3. The topological polar surface area (TPSA) is 71.3 Å². The van der Waals surface area contributed by atoms with Crippen LogP contribution in [0, 0.1) is 17.7 Å². The number of Topliss-reactive ketones (excluding diaryl/α,β-unsaturated/α-hetero) is 1. The van der Waals surface area contributed by atoms with Crippen LogP contribution in [0.4, 0.5) is 14.9 Å². The molecule has 2 N–H and O–H groups in total. The zero-order chi connectivity index (χ0) is 22.7. The number of anilines is 1. The number of benzene rings is 2. The molecule has 1 aliphatic rings. The number of fused-ring (bicyclic) bond motifs is 1. The number of rotatable bonds is 6. The van der Waals surface area contributed by atoms with E-state index in [1.807, 2.05) is 6.07 Å². The number of halogens is 1. The number of carbonyl (C=O) groups excluding carboxylic acids is 2. The van der Waals surface area contributed by atoms with Gasteiger partial charge in [0.2, 0.25) is 5.88 Å². The van der Waals surface area contributed by atoms with Gasteiger partial charge in [-0.25, -0.2) is 13.8 Å². The van der Waals surface area contributed by atoms with E-state index in [-0.39, 0.29) is 22.7 Å². The van der Waals surface area contributed by atoms with Gasteiger partial charge in [-0.3, -0.25) is 4.79 Å². The van der Waals surface area contributed by atoms with Gasteiger partial charge >= 0.3 is 6.03 Å². The highest BCUT2D eigenvalue weighted by atomic mass is 19.1. The van der Waals surface area contributed by atoms with E-state index in [2.05, 4.69) is 12.2 Å². The predicted octanol–water partition coefficient (Wildman–Crippen LogP) is 6.75. The van der Waals surface area contributed by atoms with Gasteiger partial charge in [-0.15, -0.1) is 0 Å². The maximum Gasteiger partial charge on any atom is 0.333 e. The van der Waals surface area contributed by atoms with Gasteiger partial charge in [0.25, 0.3) is 0 Å². The molecule has 0 atom stereocenters. The van der Waals surface area contributed by atoms with Crippen molar-refractivity contribution in [1.82, 2.24) is 4.57 Å². The summed E-state index contributed by atoms with van der Waals surface area (Å²) in [6.45, 7) is 2.18. The molecule has 2 aromatic carbocycles. The fourth-order valence-electron chi connectivity index (χ4n) is 4.81. The average Bonchev–Trinajstić information content (AvgIpc) is 3.09. The summed E-state index contributed by atoms with van der Waals surface area (Å²) in [6.07, 6.45) is 7.04. The number of aromatic nitrogens is 1. The van der Waals surface area contributed by atoms with E-state index >= 15 is 0 Å². The van der Waals surface area contributed by atoms with E-state index in [4.69, 9.17) is 0 Å². The lowest BCUT2D eigenvalue weighted by atomic mass is 9.77. The van der Waals surface area contributed by atoms with Crippen LogP contribution in [-0.4, -0.2) is 21.5 Å². The normalized spacial score (nSPS) is 18.6. The second kappa shape index (κ2) is 9.55. The third kappa shape index (κ3) is 4.40. The third-order valence-corrected chi connectivity index (χ3v) is 6.56. The molecule has 0 aliphatic heterocycles. The molecule has 1 heterocycles. The van der Waals surface area contributed by atoms with Crippen molar-refractivity contribution in [2.45, 2.75) is 51.9 Å². The summed E-state index contributed by atoms with van der Waals surface area (Å²) in [5.74, 6) is -0.743. The largest absolute Gasteiger partial charge is 0.494 e. The highest BCUT2D eigenvalue weighted by Crippen LogP contribution is 2.39. The molecule has 3 aromatic rings. The van der Waals surface area contributed by atoms with Crippen LogP contribution in [0.15, 0.2) is 48.5 Å². The Kier molecular flexibility index (Phi) is 6.58. The van der Waals surface area contributed by atoms with E-state index in [0.717, 1.165) is 30.3 Å². The Morgan fingerprint density at radius 1 is 1.09 bits per heavy atom. The lowest BCUT2D eigenvalue weighted by Crippen LogP contribution is -2.22.